The van der Waals surface area contributed by atoms with Gasteiger partial charge in [-0.25, -0.2) is 14.5 Å². The number of hydrogen-bond acceptors (Lipinski definition) is 4. The topological polar surface area (TPSA) is 84.1 Å². The summed E-state index contributed by atoms with van der Waals surface area (Å²) < 4.78 is 1.72. The summed E-state index contributed by atoms with van der Waals surface area (Å²) in [4.78, 5) is 16.7. The zero-order valence-corrected chi connectivity index (χ0v) is 13.0. The minimum atomic E-state index is -1.14. The Morgan fingerprint density at radius 3 is 2.80 bits per heavy atom. The van der Waals surface area contributed by atoms with Gasteiger partial charge >= 0.3 is 6.09 Å². The first-order valence-corrected chi connectivity index (χ1v) is 6.78. The monoisotopic (exact) mass is 359 g/mol. The molecule has 9 heteroatoms. The number of amides is 1. The first kappa shape index (κ1) is 14.7. The molecule has 1 amide bonds. The van der Waals surface area contributed by atoms with Crippen molar-refractivity contribution in [1.82, 2.24) is 20.0 Å². The maximum absolute atomic E-state index is 11.6. The molecule has 106 valence electrons. The van der Waals surface area contributed by atoms with Gasteiger partial charge in [0.1, 0.15) is 5.15 Å². The zero-order valence-electron chi connectivity index (χ0n) is 10.7. The van der Waals surface area contributed by atoms with E-state index in [1.807, 2.05) is 0 Å². The van der Waals surface area contributed by atoms with E-state index in [-0.39, 0.29) is 5.15 Å². The molecule has 7 nitrogen and oxygen atoms in total. The minimum absolute atomic E-state index is 0.262. The van der Waals surface area contributed by atoms with Crippen molar-refractivity contribution in [3.8, 4) is 0 Å². The number of hydrogen-bond donors (Lipinski definition) is 1. The molecular formula is C11H11BrClN5O2. The van der Waals surface area contributed by atoms with Crippen molar-refractivity contribution in [3.63, 3.8) is 0 Å². The van der Waals surface area contributed by atoms with Crippen molar-refractivity contribution in [1.29, 1.82) is 0 Å². The molecule has 0 unspecified atom stereocenters. The van der Waals surface area contributed by atoms with Gasteiger partial charge in [-0.05, 0) is 28.9 Å². The van der Waals surface area contributed by atoms with E-state index in [0.29, 0.717) is 16.0 Å². The fourth-order valence-corrected chi connectivity index (χ4v) is 2.67. The second kappa shape index (κ2) is 5.76. The number of anilines is 1. The van der Waals surface area contributed by atoms with Crippen molar-refractivity contribution in [2.24, 2.45) is 7.05 Å². The maximum atomic E-state index is 11.6. The molecule has 0 saturated carbocycles. The van der Waals surface area contributed by atoms with Crippen LogP contribution in [0.2, 0.25) is 5.15 Å². The Morgan fingerprint density at radius 2 is 2.30 bits per heavy atom. The van der Waals surface area contributed by atoms with Crippen LogP contribution in [0.4, 0.5) is 10.6 Å². The third-order valence-electron chi connectivity index (χ3n) is 2.82. The highest BCUT2D eigenvalue weighted by Gasteiger charge is 2.29. The summed E-state index contributed by atoms with van der Waals surface area (Å²) in [6, 6.07) is 2.89. The molecule has 0 aliphatic carbocycles. The molecule has 1 atom stereocenters. The van der Waals surface area contributed by atoms with E-state index in [4.69, 9.17) is 11.6 Å². The van der Waals surface area contributed by atoms with Gasteiger partial charge in [0.2, 0.25) is 0 Å². The number of aromatic nitrogens is 4. The standard InChI is InChI=1S/C11H11BrClN5O2/c1-6(7-4-3-5-14-9(7)13)18(11(19)20)10-8(12)15-16-17(10)2/h3-6H,1-2H3,(H,19,20)/t6-/m1/s1. The quantitative estimate of drug-likeness (QED) is 0.851. The Labute approximate surface area is 128 Å². The van der Waals surface area contributed by atoms with Crippen molar-refractivity contribution in [2.75, 3.05) is 4.90 Å². The predicted molar refractivity (Wildman–Crippen MR) is 76.9 cm³/mol. The Bertz CT molecular complexity index is 628. The fraction of sp³-hybridized carbons (Fsp3) is 0.273. The van der Waals surface area contributed by atoms with Crippen LogP contribution in [0.15, 0.2) is 22.9 Å². The summed E-state index contributed by atoms with van der Waals surface area (Å²) >= 11 is 9.23. The molecule has 0 aliphatic heterocycles. The second-order valence-corrected chi connectivity index (χ2v) is 5.15. The van der Waals surface area contributed by atoms with E-state index >= 15 is 0 Å². The van der Waals surface area contributed by atoms with Gasteiger partial charge in [-0.3, -0.25) is 4.90 Å². The Morgan fingerprint density at radius 1 is 1.60 bits per heavy atom. The first-order chi connectivity index (χ1) is 9.43. The van der Waals surface area contributed by atoms with Crippen LogP contribution >= 0.6 is 27.5 Å². The van der Waals surface area contributed by atoms with Gasteiger partial charge in [0.25, 0.3) is 0 Å². The molecule has 0 radical (unpaired) electrons. The normalized spacial score (nSPS) is 12.2. The van der Waals surface area contributed by atoms with Gasteiger partial charge < -0.3 is 5.11 Å². The highest BCUT2D eigenvalue weighted by Crippen LogP contribution is 2.33. The lowest BCUT2D eigenvalue weighted by atomic mass is 10.1. The van der Waals surface area contributed by atoms with Crippen LogP contribution in [0.1, 0.15) is 18.5 Å². The molecule has 20 heavy (non-hydrogen) atoms. The summed E-state index contributed by atoms with van der Waals surface area (Å²) in [5.41, 5.74) is 0.602. The lowest BCUT2D eigenvalue weighted by Crippen LogP contribution is -2.34. The lowest BCUT2D eigenvalue weighted by molar-refractivity contribution is 0.199. The average Bonchev–Trinajstić information content (AvgIpc) is 2.71. The van der Waals surface area contributed by atoms with Gasteiger partial charge in [0, 0.05) is 18.8 Å². The number of carboxylic acid groups (broad SMARTS) is 1. The molecule has 0 spiro atoms. The Hall–Kier alpha value is -1.67. The lowest BCUT2D eigenvalue weighted by Gasteiger charge is -2.26. The first-order valence-electron chi connectivity index (χ1n) is 5.61. The highest BCUT2D eigenvalue weighted by molar-refractivity contribution is 9.10. The summed E-state index contributed by atoms with van der Waals surface area (Å²) in [7, 11) is 1.61. The SMILES string of the molecule is C[C@H](c1cccnc1Cl)N(C(=O)O)c1c(Br)nnn1C. The Balaban J connectivity index is 2.50. The smallest absolute Gasteiger partial charge is 0.413 e. The van der Waals surface area contributed by atoms with Gasteiger partial charge in [0.15, 0.2) is 10.4 Å². The average molecular weight is 361 g/mol. The van der Waals surface area contributed by atoms with E-state index in [2.05, 4.69) is 31.2 Å². The van der Waals surface area contributed by atoms with E-state index in [9.17, 15) is 9.90 Å². The summed E-state index contributed by atoms with van der Waals surface area (Å²) in [5, 5.41) is 17.3. The van der Waals surface area contributed by atoms with Crippen molar-refractivity contribution in [3.05, 3.63) is 33.6 Å². The van der Waals surface area contributed by atoms with E-state index in [0.717, 1.165) is 4.90 Å². The van der Waals surface area contributed by atoms with Crippen molar-refractivity contribution in [2.45, 2.75) is 13.0 Å². The predicted octanol–water partition coefficient (Wildman–Crippen LogP) is 2.87. The van der Waals surface area contributed by atoms with Crippen LogP contribution in [0.3, 0.4) is 0 Å². The molecule has 2 aromatic heterocycles. The molecular weight excluding hydrogens is 350 g/mol. The van der Waals surface area contributed by atoms with E-state index < -0.39 is 12.1 Å². The maximum Gasteiger partial charge on any atom is 0.413 e. The zero-order chi connectivity index (χ0) is 14.9. The second-order valence-electron chi connectivity index (χ2n) is 4.04. The van der Waals surface area contributed by atoms with Gasteiger partial charge in [-0.2, -0.15) is 0 Å². The number of aryl methyl sites for hydroxylation is 1. The summed E-state index contributed by atoms with van der Waals surface area (Å²) in [5.74, 6) is 0.324. The van der Waals surface area contributed by atoms with Crippen molar-refractivity contribution >= 4 is 39.4 Å². The third kappa shape index (κ3) is 2.61. The summed E-state index contributed by atoms with van der Waals surface area (Å²) in [6.45, 7) is 1.72. The fourth-order valence-electron chi connectivity index (χ4n) is 1.87. The third-order valence-corrected chi connectivity index (χ3v) is 3.65. The number of rotatable bonds is 3. The van der Waals surface area contributed by atoms with E-state index in [1.165, 1.54) is 4.68 Å². The molecule has 0 aromatic carbocycles. The molecule has 0 fully saturated rings. The molecule has 2 heterocycles. The molecule has 2 rings (SSSR count). The van der Waals surface area contributed by atoms with Crippen LogP contribution in [0.25, 0.3) is 0 Å². The minimum Gasteiger partial charge on any atom is -0.465 e. The number of nitrogens with zero attached hydrogens (tertiary/aromatic N) is 5. The van der Waals surface area contributed by atoms with Gasteiger partial charge in [-0.15, -0.1) is 5.10 Å². The molecule has 2 aromatic rings. The Kier molecular flexibility index (Phi) is 4.24. The van der Waals surface area contributed by atoms with Gasteiger partial charge in [0.05, 0.1) is 6.04 Å². The molecule has 0 aliphatic rings. The van der Waals surface area contributed by atoms with Crippen LogP contribution in [-0.4, -0.2) is 31.2 Å². The molecule has 0 bridgehead atoms. The largest absolute Gasteiger partial charge is 0.465 e. The summed E-state index contributed by atoms with van der Waals surface area (Å²) in [6.07, 6.45) is 0.411. The van der Waals surface area contributed by atoms with Gasteiger partial charge in [-0.1, -0.05) is 22.9 Å². The number of pyridine rings is 1. The van der Waals surface area contributed by atoms with Crippen LogP contribution in [0.5, 0.6) is 0 Å². The molecule has 0 saturated heterocycles. The van der Waals surface area contributed by atoms with E-state index in [1.54, 1.807) is 32.3 Å². The highest BCUT2D eigenvalue weighted by atomic mass is 79.9. The van der Waals surface area contributed by atoms with Crippen LogP contribution < -0.4 is 4.90 Å². The number of carbonyl (C=O) groups is 1. The van der Waals surface area contributed by atoms with Crippen LogP contribution in [0, 0.1) is 0 Å². The van der Waals surface area contributed by atoms with Crippen LogP contribution in [-0.2, 0) is 7.05 Å². The van der Waals surface area contributed by atoms with Crippen molar-refractivity contribution < 1.29 is 9.90 Å². The molecule has 1 N–H and O–H groups in total. The number of halogens is 2.